The predicted molar refractivity (Wildman–Crippen MR) is 42.8 cm³/mol. The maximum Gasteiger partial charge on any atom is 0.239 e. The van der Waals surface area contributed by atoms with Gasteiger partial charge < -0.3 is 16.4 Å². The lowest BCUT2D eigenvalue weighted by atomic mass is 10.3. The van der Waals surface area contributed by atoms with Crippen molar-refractivity contribution in [2.24, 2.45) is 11.5 Å². The summed E-state index contributed by atoms with van der Waals surface area (Å²) in [5.41, 5.74) is 11.1. The second-order valence-corrected chi connectivity index (χ2v) is 3.12. The molecule has 4 heteroatoms. The zero-order valence-electron chi connectivity index (χ0n) is 6.79. The van der Waals surface area contributed by atoms with Crippen LogP contribution in [0.3, 0.4) is 0 Å². The first kappa shape index (κ1) is 8.49. The van der Waals surface area contributed by atoms with Crippen LogP contribution in [0.25, 0.3) is 0 Å². The number of carbonyl (C=O) groups excluding carboxylic acids is 1. The van der Waals surface area contributed by atoms with Gasteiger partial charge >= 0.3 is 0 Å². The predicted octanol–water partition coefficient (Wildman–Crippen LogP) is -1.11. The quantitative estimate of drug-likeness (QED) is 0.507. The van der Waals surface area contributed by atoms with Crippen molar-refractivity contribution >= 4 is 5.91 Å². The van der Waals surface area contributed by atoms with E-state index in [0.717, 1.165) is 13.0 Å². The van der Waals surface area contributed by atoms with E-state index in [0.29, 0.717) is 6.54 Å². The standard InChI is InChI=1S/C7H15N3O/c1-5(8)7(11)10-3-2-6(9)4-10/h5-6H,2-4,8-9H2,1H3/t5-,6+/m1/s1. The number of hydrogen-bond donors (Lipinski definition) is 2. The highest BCUT2D eigenvalue weighted by Crippen LogP contribution is 2.07. The minimum absolute atomic E-state index is 0.0120. The summed E-state index contributed by atoms with van der Waals surface area (Å²) in [6, 6.07) is -0.238. The summed E-state index contributed by atoms with van der Waals surface area (Å²) in [6.07, 6.45) is 0.901. The molecule has 11 heavy (non-hydrogen) atoms. The van der Waals surface area contributed by atoms with Crippen molar-refractivity contribution in [2.45, 2.75) is 25.4 Å². The average Bonchev–Trinajstić information content (AvgIpc) is 2.34. The fourth-order valence-electron chi connectivity index (χ4n) is 1.28. The molecule has 0 saturated carbocycles. The molecule has 4 nitrogen and oxygen atoms in total. The van der Waals surface area contributed by atoms with Crippen molar-refractivity contribution < 1.29 is 4.79 Å². The molecule has 1 saturated heterocycles. The topological polar surface area (TPSA) is 72.4 Å². The molecule has 0 aromatic heterocycles. The van der Waals surface area contributed by atoms with Gasteiger partial charge in [-0.05, 0) is 13.3 Å². The number of likely N-dealkylation sites (tertiary alicyclic amines) is 1. The van der Waals surface area contributed by atoms with Crippen LogP contribution >= 0.6 is 0 Å². The highest BCUT2D eigenvalue weighted by Gasteiger charge is 2.24. The molecule has 1 aliphatic heterocycles. The second-order valence-electron chi connectivity index (χ2n) is 3.12. The van der Waals surface area contributed by atoms with Gasteiger partial charge in [0.25, 0.3) is 0 Å². The second kappa shape index (κ2) is 3.19. The molecule has 64 valence electrons. The van der Waals surface area contributed by atoms with Crippen LogP contribution in [0.1, 0.15) is 13.3 Å². The van der Waals surface area contributed by atoms with Crippen LogP contribution < -0.4 is 11.5 Å². The Kier molecular flexibility index (Phi) is 2.46. The Balaban J connectivity index is 2.43. The zero-order chi connectivity index (χ0) is 8.43. The third-order valence-electron chi connectivity index (χ3n) is 1.93. The van der Waals surface area contributed by atoms with Crippen LogP contribution in [0.2, 0.25) is 0 Å². The molecule has 1 amide bonds. The highest BCUT2D eigenvalue weighted by atomic mass is 16.2. The van der Waals surface area contributed by atoms with E-state index in [9.17, 15) is 4.79 Å². The molecule has 0 aromatic rings. The smallest absolute Gasteiger partial charge is 0.239 e. The normalized spacial score (nSPS) is 27.2. The highest BCUT2D eigenvalue weighted by molar-refractivity contribution is 5.81. The van der Waals surface area contributed by atoms with Crippen LogP contribution in [0.5, 0.6) is 0 Å². The van der Waals surface area contributed by atoms with Crippen molar-refractivity contribution in [3.63, 3.8) is 0 Å². The van der Waals surface area contributed by atoms with Gasteiger partial charge in [0, 0.05) is 19.1 Å². The van der Waals surface area contributed by atoms with Crippen molar-refractivity contribution in [1.29, 1.82) is 0 Å². The van der Waals surface area contributed by atoms with Gasteiger partial charge in [0.2, 0.25) is 5.91 Å². The van der Waals surface area contributed by atoms with Gasteiger partial charge in [-0.3, -0.25) is 4.79 Å². The first-order valence-corrected chi connectivity index (χ1v) is 3.91. The zero-order valence-corrected chi connectivity index (χ0v) is 6.79. The van der Waals surface area contributed by atoms with E-state index < -0.39 is 0 Å². The van der Waals surface area contributed by atoms with Crippen LogP contribution in [0.15, 0.2) is 0 Å². The number of carbonyl (C=O) groups is 1. The molecule has 0 bridgehead atoms. The van der Waals surface area contributed by atoms with Gasteiger partial charge in [-0.15, -0.1) is 0 Å². The number of amides is 1. The third kappa shape index (κ3) is 1.91. The van der Waals surface area contributed by atoms with E-state index in [1.165, 1.54) is 0 Å². The fraction of sp³-hybridized carbons (Fsp3) is 0.857. The largest absolute Gasteiger partial charge is 0.340 e. The Hall–Kier alpha value is -0.610. The molecular formula is C7H15N3O. The minimum Gasteiger partial charge on any atom is -0.340 e. The average molecular weight is 157 g/mol. The van der Waals surface area contributed by atoms with E-state index in [1.807, 2.05) is 0 Å². The summed E-state index contributed by atoms with van der Waals surface area (Å²) < 4.78 is 0. The van der Waals surface area contributed by atoms with E-state index in [4.69, 9.17) is 11.5 Å². The SMILES string of the molecule is C[C@@H](N)C(=O)N1CC[C@H](N)C1. The lowest BCUT2D eigenvalue weighted by molar-refractivity contribution is -0.131. The molecule has 1 heterocycles. The minimum atomic E-state index is -0.389. The Morgan fingerprint density at radius 3 is 2.73 bits per heavy atom. The monoisotopic (exact) mass is 157 g/mol. The van der Waals surface area contributed by atoms with E-state index >= 15 is 0 Å². The Morgan fingerprint density at radius 2 is 2.36 bits per heavy atom. The van der Waals surface area contributed by atoms with Gasteiger partial charge in [-0.1, -0.05) is 0 Å². The van der Waals surface area contributed by atoms with Gasteiger partial charge in [0.1, 0.15) is 0 Å². The Labute approximate surface area is 66.5 Å². The van der Waals surface area contributed by atoms with Crippen molar-refractivity contribution in [3.8, 4) is 0 Å². The molecule has 4 N–H and O–H groups in total. The van der Waals surface area contributed by atoms with Crippen LogP contribution in [-0.2, 0) is 4.79 Å². The van der Waals surface area contributed by atoms with Gasteiger partial charge in [0.15, 0.2) is 0 Å². The molecule has 1 fully saturated rings. The lowest BCUT2D eigenvalue weighted by Crippen LogP contribution is -2.41. The summed E-state index contributed by atoms with van der Waals surface area (Å²) in [4.78, 5) is 13.0. The van der Waals surface area contributed by atoms with Crippen LogP contribution in [0, 0.1) is 0 Å². The number of hydrogen-bond acceptors (Lipinski definition) is 3. The summed E-state index contributed by atoms with van der Waals surface area (Å²) in [7, 11) is 0. The Bertz CT molecular complexity index is 158. The van der Waals surface area contributed by atoms with Gasteiger partial charge in [0.05, 0.1) is 6.04 Å². The lowest BCUT2D eigenvalue weighted by Gasteiger charge is -2.17. The van der Waals surface area contributed by atoms with E-state index in [-0.39, 0.29) is 18.0 Å². The van der Waals surface area contributed by atoms with Crippen molar-refractivity contribution in [1.82, 2.24) is 4.90 Å². The Morgan fingerprint density at radius 1 is 1.73 bits per heavy atom. The number of nitrogens with two attached hydrogens (primary N) is 2. The molecule has 0 aliphatic carbocycles. The molecule has 0 spiro atoms. The first-order valence-electron chi connectivity index (χ1n) is 3.91. The third-order valence-corrected chi connectivity index (χ3v) is 1.93. The maximum absolute atomic E-state index is 11.2. The van der Waals surface area contributed by atoms with Crippen molar-refractivity contribution in [2.75, 3.05) is 13.1 Å². The van der Waals surface area contributed by atoms with Gasteiger partial charge in [-0.25, -0.2) is 0 Å². The summed E-state index contributed by atoms with van der Waals surface area (Å²) in [5.74, 6) is 0.0120. The van der Waals surface area contributed by atoms with Crippen LogP contribution in [0.4, 0.5) is 0 Å². The summed E-state index contributed by atoms with van der Waals surface area (Å²) in [6.45, 7) is 3.13. The van der Waals surface area contributed by atoms with E-state index in [2.05, 4.69) is 0 Å². The van der Waals surface area contributed by atoms with Gasteiger partial charge in [-0.2, -0.15) is 0 Å². The number of rotatable bonds is 1. The summed E-state index contributed by atoms with van der Waals surface area (Å²) in [5, 5.41) is 0. The van der Waals surface area contributed by atoms with Crippen molar-refractivity contribution in [3.05, 3.63) is 0 Å². The fourth-order valence-corrected chi connectivity index (χ4v) is 1.28. The van der Waals surface area contributed by atoms with Crippen LogP contribution in [-0.4, -0.2) is 36.0 Å². The summed E-state index contributed by atoms with van der Waals surface area (Å²) >= 11 is 0. The van der Waals surface area contributed by atoms with E-state index in [1.54, 1.807) is 11.8 Å². The number of nitrogens with zero attached hydrogens (tertiary/aromatic N) is 1. The molecule has 0 radical (unpaired) electrons. The molecule has 0 unspecified atom stereocenters. The molecule has 2 atom stereocenters. The molecular weight excluding hydrogens is 142 g/mol. The molecule has 1 rings (SSSR count). The maximum atomic E-state index is 11.2. The molecule has 0 aromatic carbocycles. The molecule has 1 aliphatic rings. The first-order chi connectivity index (χ1) is 5.11.